The standard InChI is InChI=1S/C27H32N2O6/c1-3-29(24-16-34-14-23(24)26(31)32)25(30)17(2)12-13-28-27(33)35-15-22-20-10-6-4-8-18(20)19-9-5-7-11-21(19)22/h4-11,17,22-24H,3,12-16H2,1-2H3,(H,28,33)(H,31,32). The third-order valence-corrected chi connectivity index (χ3v) is 7.00. The van der Waals surface area contributed by atoms with Crippen molar-refractivity contribution < 1.29 is 29.0 Å². The van der Waals surface area contributed by atoms with E-state index in [-0.39, 0.29) is 44.1 Å². The summed E-state index contributed by atoms with van der Waals surface area (Å²) >= 11 is 0. The monoisotopic (exact) mass is 480 g/mol. The van der Waals surface area contributed by atoms with Gasteiger partial charge in [-0.1, -0.05) is 55.5 Å². The fourth-order valence-electron chi connectivity index (χ4n) is 5.09. The number of carbonyl (C=O) groups excluding carboxylic acids is 2. The molecular formula is C27H32N2O6. The van der Waals surface area contributed by atoms with Crippen LogP contribution in [0.3, 0.4) is 0 Å². The number of hydrogen-bond acceptors (Lipinski definition) is 5. The SMILES string of the molecule is CCN(C(=O)C(C)CCNC(=O)OCC1c2ccccc2-c2ccccc21)C1COCC1C(=O)O. The van der Waals surface area contributed by atoms with Crippen LogP contribution in [-0.2, 0) is 19.1 Å². The van der Waals surface area contributed by atoms with Crippen LogP contribution >= 0.6 is 0 Å². The number of fused-ring (bicyclic) bond motifs is 3. The summed E-state index contributed by atoms with van der Waals surface area (Å²) in [5.41, 5.74) is 4.64. The Hall–Kier alpha value is -3.39. The molecule has 8 heteroatoms. The average Bonchev–Trinajstić information content (AvgIpc) is 3.46. The van der Waals surface area contributed by atoms with Gasteiger partial charge in [-0.3, -0.25) is 9.59 Å². The minimum atomic E-state index is -0.955. The number of likely N-dealkylation sites (N-methyl/N-ethyl adjacent to an activating group) is 1. The number of alkyl carbamates (subject to hydrolysis) is 1. The molecule has 0 spiro atoms. The molecule has 1 saturated heterocycles. The first-order valence-electron chi connectivity index (χ1n) is 12.1. The maximum Gasteiger partial charge on any atom is 0.407 e. The van der Waals surface area contributed by atoms with Gasteiger partial charge in [-0.15, -0.1) is 0 Å². The molecule has 0 saturated carbocycles. The summed E-state index contributed by atoms with van der Waals surface area (Å²) in [7, 11) is 0. The number of benzene rings is 2. The first-order valence-corrected chi connectivity index (χ1v) is 12.1. The second-order valence-electron chi connectivity index (χ2n) is 9.12. The Balaban J connectivity index is 1.27. The summed E-state index contributed by atoms with van der Waals surface area (Å²) in [5.74, 6) is -2.20. The van der Waals surface area contributed by atoms with E-state index in [4.69, 9.17) is 9.47 Å². The maximum absolute atomic E-state index is 13.0. The zero-order chi connectivity index (χ0) is 24.9. The van der Waals surface area contributed by atoms with Gasteiger partial charge in [-0.25, -0.2) is 4.79 Å². The number of nitrogens with one attached hydrogen (secondary N) is 1. The molecule has 1 fully saturated rings. The highest BCUT2D eigenvalue weighted by Gasteiger charge is 2.40. The van der Waals surface area contributed by atoms with Crippen LogP contribution in [0.2, 0.25) is 0 Å². The highest BCUT2D eigenvalue weighted by Crippen LogP contribution is 2.44. The molecule has 3 unspecified atom stereocenters. The van der Waals surface area contributed by atoms with Crippen LogP contribution < -0.4 is 5.32 Å². The van der Waals surface area contributed by atoms with Gasteiger partial charge in [0, 0.05) is 24.9 Å². The van der Waals surface area contributed by atoms with E-state index in [0.717, 1.165) is 11.1 Å². The molecule has 1 aliphatic carbocycles. The topological polar surface area (TPSA) is 105 Å². The minimum absolute atomic E-state index is 0.0115. The number of amides is 2. The van der Waals surface area contributed by atoms with Gasteiger partial charge >= 0.3 is 12.1 Å². The zero-order valence-electron chi connectivity index (χ0n) is 20.1. The van der Waals surface area contributed by atoms with Gasteiger partial charge in [0.25, 0.3) is 0 Å². The molecule has 3 atom stereocenters. The molecule has 0 aromatic heterocycles. The molecule has 35 heavy (non-hydrogen) atoms. The van der Waals surface area contributed by atoms with Crippen molar-refractivity contribution in [1.29, 1.82) is 0 Å². The number of nitrogens with zero attached hydrogens (tertiary/aromatic N) is 1. The minimum Gasteiger partial charge on any atom is -0.481 e. The quantitative estimate of drug-likeness (QED) is 0.569. The Labute approximate surface area is 205 Å². The van der Waals surface area contributed by atoms with E-state index in [2.05, 4.69) is 29.6 Å². The van der Waals surface area contributed by atoms with Gasteiger partial charge in [0.1, 0.15) is 12.5 Å². The van der Waals surface area contributed by atoms with Crippen molar-refractivity contribution in [2.75, 3.05) is 32.9 Å². The lowest BCUT2D eigenvalue weighted by molar-refractivity contribution is -0.146. The predicted octanol–water partition coefficient (Wildman–Crippen LogP) is 3.50. The van der Waals surface area contributed by atoms with E-state index in [1.807, 2.05) is 31.2 Å². The van der Waals surface area contributed by atoms with Crippen LogP contribution in [0.25, 0.3) is 11.1 Å². The van der Waals surface area contributed by atoms with E-state index in [1.165, 1.54) is 11.1 Å². The highest BCUT2D eigenvalue weighted by molar-refractivity contribution is 5.81. The van der Waals surface area contributed by atoms with Crippen LogP contribution in [-0.4, -0.2) is 66.9 Å². The summed E-state index contributed by atoms with van der Waals surface area (Å²) < 4.78 is 10.9. The van der Waals surface area contributed by atoms with Crippen molar-refractivity contribution in [1.82, 2.24) is 10.2 Å². The van der Waals surface area contributed by atoms with Crippen molar-refractivity contribution in [2.24, 2.45) is 11.8 Å². The average molecular weight is 481 g/mol. The molecular weight excluding hydrogens is 448 g/mol. The Kier molecular flexibility index (Phi) is 7.70. The molecule has 2 aliphatic rings. The van der Waals surface area contributed by atoms with Gasteiger partial charge < -0.3 is 24.8 Å². The number of ether oxygens (including phenoxy) is 2. The van der Waals surface area contributed by atoms with E-state index in [1.54, 1.807) is 11.8 Å². The lowest BCUT2D eigenvalue weighted by Gasteiger charge is -2.31. The van der Waals surface area contributed by atoms with Crippen LogP contribution in [0.4, 0.5) is 4.79 Å². The number of aliphatic carboxylic acids is 1. The van der Waals surface area contributed by atoms with Crippen LogP contribution in [0.5, 0.6) is 0 Å². The lowest BCUT2D eigenvalue weighted by atomic mass is 9.98. The molecule has 1 aliphatic heterocycles. The Morgan fingerprint density at radius 2 is 1.71 bits per heavy atom. The Bertz CT molecular complexity index is 1040. The second kappa shape index (κ2) is 10.9. The summed E-state index contributed by atoms with van der Waals surface area (Å²) in [6.07, 6.45) is -0.0980. The first-order chi connectivity index (χ1) is 16.9. The summed E-state index contributed by atoms with van der Waals surface area (Å²) in [6.45, 7) is 4.87. The van der Waals surface area contributed by atoms with Crippen LogP contribution in [0, 0.1) is 11.8 Å². The van der Waals surface area contributed by atoms with Crippen molar-refractivity contribution in [3.63, 3.8) is 0 Å². The molecule has 0 radical (unpaired) electrons. The third kappa shape index (κ3) is 5.17. The number of rotatable bonds is 9. The fourth-order valence-corrected chi connectivity index (χ4v) is 5.09. The number of hydrogen-bond donors (Lipinski definition) is 2. The largest absolute Gasteiger partial charge is 0.481 e. The van der Waals surface area contributed by atoms with Crippen molar-refractivity contribution in [3.8, 4) is 11.1 Å². The lowest BCUT2D eigenvalue weighted by Crippen LogP contribution is -2.48. The van der Waals surface area contributed by atoms with Crippen LogP contribution in [0.1, 0.15) is 37.3 Å². The van der Waals surface area contributed by atoms with E-state index < -0.39 is 24.0 Å². The van der Waals surface area contributed by atoms with E-state index >= 15 is 0 Å². The second-order valence-corrected chi connectivity index (χ2v) is 9.12. The van der Waals surface area contributed by atoms with Gasteiger partial charge in [0.15, 0.2) is 0 Å². The first kappa shape index (κ1) is 24.7. The maximum atomic E-state index is 13.0. The smallest absolute Gasteiger partial charge is 0.407 e. The Morgan fingerprint density at radius 3 is 2.31 bits per heavy atom. The van der Waals surface area contributed by atoms with Gasteiger partial charge in [0.05, 0.1) is 19.3 Å². The summed E-state index contributed by atoms with van der Waals surface area (Å²) in [6, 6.07) is 15.8. The van der Waals surface area contributed by atoms with Gasteiger partial charge in [-0.05, 0) is 35.6 Å². The molecule has 2 aromatic rings. The normalized spacial score (nSPS) is 19.5. The van der Waals surface area contributed by atoms with Crippen molar-refractivity contribution >= 4 is 18.0 Å². The van der Waals surface area contributed by atoms with Gasteiger partial charge in [0.2, 0.25) is 5.91 Å². The fraction of sp³-hybridized carbons (Fsp3) is 0.444. The molecule has 4 rings (SSSR count). The molecule has 1 heterocycles. The molecule has 186 valence electrons. The molecule has 2 N–H and O–H groups in total. The number of carboxylic acids is 1. The van der Waals surface area contributed by atoms with Gasteiger partial charge in [-0.2, -0.15) is 0 Å². The highest BCUT2D eigenvalue weighted by atomic mass is 16.5. The van der Waals surface area contributed by atoms with E-state index in [9.17, 15) is 19.5 Å². The third-order valence-electron chi connectivity index (χ3n) is 7.00. The van der Waals surface area contributed by atoms with Crippen LogP contribution in [0.15, 0.2) is 48.5 Å². The number of carboxylic acid groups (broad SMARTS) is 1. The molecule has 0 bridgehead atoms. The molecule has 2 aromatic carbocycles. The zero-order valence-corrected chi connectivity index (χ0v) is 20.1. The van der Waals surface area contributed by atoms with Crippen molar-refractivity contribution in [2.45, 2.75) is 32.2 Å². The summed E-state index contributed by atoms with van der Waals surface area (Å²) in [5, 5.41) is 12.2. The Morgan fingerprint density at radius 1 is 1.09 bits per heavy atom. The number of carbonyl (C=O) groups is 3. The predicted molar refractivity (Wildman–Crippen MR) is 130 cm³/mol. The molecule has 8 nitrogen and oxygen atoms in total. The molecule has 2 amide bonds. The van der Waals surface area contributed by atoms with E-state index in [0.29, 0.717) is 13.0 Å². The van der Waals surface area contributed by atoms with Crippen molar-refractivity contribution in [3.05, 3.63) is 59.7 Å². The summed E-state index contributed by atoms with van der Waals surface area (Å²) in [4.78, 5) is 38.4.